The molecule has 3 rings (SSSR count). The van der Waals surface area contributed by atoms with Crippen LogP contribution in [0.1, 0.15) is 44.0 Å². The van der Waals surface area contributed by atoms with Crippen LogP contribution in [0.15, 0.2) is 22.8 Å². The molecule has 1 aromatic rings. The average Bonchev–Trinajstić information content (AvgIpc) is 3.11. The zero-order valence-corrected chi connectivity index (χ0v) is 13.6. The van der Waals surface area contributed by atoms with Gasteiger partial charge < -0.3 is 19.7 Å². The number of piperazine rings is 1. The number of carbonyl (C=O) groups is 1. The minimum absolute atomic E-state index is 0.0723. The molecule has 0 aromatic carbocycles. The minimum atomic E-state index is -0.604. The van der Waals surface area contributed by atoms with Gasteiger partial charge in [0.2, 0.25) is 0 Å². The average molecular weight is 321 g/mol. The van der Waals surface area contributed by atoms with Gasteiger partial charge in [-0.25, -0.2) is 4.79 Å². The Morgan fingerprint density at radius 2 is 2.00 bits per heavy atom. The van der Waals surface area contributed by atoms with E-state index in [-0.39, 0.29) is 6.03 Å². The van der Waals surface area contributed by atoms with Crippen LogP contribution in [0, 0.1) is 0 Å². The van der Waals surface area contributed by atoms with Crippen LogP contribution in [0.25, 0.3) is 0 Å². The Morgan fingerprint density at radius 3 is 2.65 bits per heavy atom. The summed E-state index contributed by atoms with van der Waals surface area (Å²) in [5.74, 6) is 0.600. The molecule has 2 fully saturated rings. The van der Waals surface area contributed by atoms with Crippen molar-refractivity contribution in [1.82, 2.24) is 15.1 Å². The molecule has 1 saturated carbocycles. The van der Waals surface area contributed by atoms with Crippen LogP contribution >= 0.6 is 0 Å². The highest BCUT2D eigenvalue weighted by Crippen LogP contribution is 2.18. The third kappa shape index (κ3) is 4.48. The molecule has 128 valence electrons. The van der Waals surface area contributed by atoms with Crippen LogP contribution in [-0.2, 0) is 0 Å². The molecule has 0 bridgehead atoms. The lowest BCUT2D eigenvalue weighted by molar-refractivity contribution is 0.0686. The molecule has 1 aromatic heterocycles. The molecule has 1 saturated heterocycles. The molecule has 1 atom stereocenters. The van der Waals surface area contributed by atoms with E-state index in [9.17, 15) is 9.90 Å². The summed E-state index contributed by atoms with van der Waals surface area (Å²) in [7, 11) is 0. The van der Waals surface area contributed by atoms with Gasteiger partial charge in [-0.15, -0.1) is 0 Å². The maximum absolute atomic E-state index is 12.3. The van der Waals surface area contributed by atoms with Crippen LogP contribution in [0.3, 0.4) is 0 Å². The highest BCUT2D eigenvalue weighted by molar-refractivity contribution is 5.74. The normalized spacial score (nSPS) is 22.0. The summed E-state index contributed by atoms with van der Waals surface area (Å²) in [5.41, 5.74) is 0. The number of hydrogen-bond acceptors (Lipinski definition) is 4. The number of amides is 2. The number of β-amino-alcohol motifs (C(OH)–C–C–N with tert-alkyl or cyclic N) is 1. The number of nitrogens with one attached hydrogen (secondary N) is 1. The fraction of sp³-hybridized carbons (Fsp3) is 0.706. The maximum atomic E-state index is 12.3. The molecule has 2 N–H and O–H groups in total. The van der Waals surface area contributed by atoms with Crippen LogP contribution < -0.4 is 5.32 Å². The first-order chi connectivity index (χ1) is 11.2. The van der Waals surface area contributed by atoms with Crippen LogP contribution in [-0.4, -0.2) is 59.7 Å². The van der Waals surface area contributed by atoms with E-state index in [1.54, 1.807) is 18.4 Å². The van der Waals surface area contributed by atoms with E-state index in [4.69, 9.17) is 4.42 Å². The monoisotopic (exact) mass is 321 g/mol. The molecule has 2 amide bonds. The van der Waals surface area contributed by atoms with E-state index < -0.39 is 6.10 Å². The topological polar surface area (TPSA) is 69.0 Å². The largest absolute Gasteiger partial charge is 0.467 e. The zero-order valence-electron chi connectivity index (χ0n) is 13.6. The molecular formula is C17H27N3O3. The number of nitrogens with zero attached hydrogens (tertiary/aromatic N) is 2. The molecule has 1 aliphatic heterocycles. The second-order valence-corrected chi connectivity index (χ2v) is 6.60. The first-order valence-electron chi connectivity index (χ1n) is 8.71. The molecule has 6 heteroatoms. The molecule has 2 aliphatic rings. The van der Waals surface area contributed by atoms with Gasteiger partial charge in [0.15, 0.2) is 0 Å². The first-order valence-corrected chi connectivity index (χ1v) is 8.71. The number of carbonyl (C=O) groups excluding carboxylic acids is 1. The standard InChI is InChI=1S/C17H27N3O3/c21-15(16-7-4-12-23-16)13-19-8-10-20(11-9-19)17(22)18-14-5-2-1-3-6-14/h4,7,12,14-15,21H,1-3,5-6,8-11,13H2,(H,18,22). The van der Waals surface area contributed by atoms with E-state index in [1.165, 1.54) is 19.3 Å². The Hall–Kier alpha value is -1.53. The predicted molar refractivity (Wildman–Crippen MR) is 87.1 cm³/mol. The number of hydrogen-bond donors (Lipinski definition) is 2. The van der Waals surface area contributed by atoms with E-state index >= 15 is 0 Å². The smallest absolute Gasteiger partial charge is 0.317 e. The Kier molecular flexibility index (Phi) is 5.56. The lowest BCUT2D eigenvalue weighted by atomic mass is 9.96. The zero-order chi connectivity index (χ0) is 16.1. The summed E-state index contributed by atoms with van der Waals surface area (Å²) in [5, 5.41) is 13.3. The molecular weight excluding hydrogens is 294 g/mol. The summed E-state index contributed by atoms with van der Waals surface area (Å²) in [4.78, 5) is 16.4. The molecule has 1 aliphatic carbocycles. The van der Waals surface area contributed by atoms with E-state index in [1.807, 2.05) is 4.90 Å². The predicted octanol–water partition coefficient (Wildman–Crippen LogP) is 1.97. The van der Waals surface area contributed by atoms with Crippen molar-refractivity contribution < 1.29 is 14.3 Å². The summed E-state index contributed by atoms with van der Waals surface area (Å²) >= 11 is 0. The molecule has 2 heterocycles. The van der Waals surface area contributed by atoms with Gasteiger partial charge in [-0.05, 0) is 25.0 Å². The van der Waals surface area contributed by atoms with Crippen molar-refractivity contribution in [3.63, 3.8) is 0 Å². The quantitative estimate of drug-likeness (QED) is 0.890. The third-order valence-electron chi connectivity index (χ3n) is 4.90. The molecule has 6 nitrogen and oxygen atoms in total. The second kappa shape index (κ2) is 7.84. The second-order valence-electron chi connectivity index (χ2n) is 6.60. The van der Waals surface area contributed by atoms with Crippen molar-refractivity contribution in [1.29, 1.82) is 0 Å². The number of rotatable bonds is 4. The van der Waals surface area contributed by atoms with Gasteiger partial charge in [0.25, 0.3) is 0 Å². The summed E-state index contributed by atoms with van der Waals surface area (Å²) in [6.45, 7) is 3.55. The van der Waals surface area contributed by atoms with E-state index in [2.05, 4.69) is 10.2 Å². The van der Waals surface area contributed by atoms with Crippen LogP contribution in [0.5, 0.6) is 0 Å². The third-order valence-corrected chi connectivity index (χ3v) is 4.90. The lowest BCUT2D eigenvalue weighted by Crippen LogP contribution is -2.54. The van der Waals surface area contributed by atoms with Gasteiger partial charge in [-0.1, -0.05) is 19.3 Å². The van der Waals surface area contributed by atoms with Gasteiger partial charge in [0, 0.05) is 38.8 Å². The highest BCUT2D eigenvalue weighted by Gasteiger charge is 2.25. The van der Waals surface area contributed by atoms with Crippen molar-refractivity contribution in [2.45, 2.75) is 44.2 Å². The fourth-order valence-electron chi connectivity index (χ4n) is 3.46. The minimum Gasteiger partial charge on any atom is -0.467 e. The van der Waals surface area contributed by atoms with Crippen LogP contribution in [0.4, 0.5) is 4.79 Å². The summed E-state index contributed by atoms with van der Waals surface area (Å²) in [6.07, 6.45) is 6.94. The molecule has 0 spiro atoms. The van der Waals surface area contributed by atoms with Crippen molar-refractivity contribution in [3.8, 4) is 0 Å². The Labute approximate surface area is 137 Å². The number of aliphatic hydroxyl groups is 1. The van der Waals surface area contributed by atoms with Gasteiger partial charge >= 0.3 is 6.03 Å². The number of furan rings is 1. The Bertz CT molecular complexity index is 477. The molecule has 1 unspecified atom stereocenters. The number of urea groups is 1. The van der Waals surface area contributed by atoms with Crippen LogP contribution in [0.2, 0.25) is 0 Å². The van der Waals surface area contributed by atoms with Crippen molar-refractivity contribution >= 4 is 6.03 Å². The Balaban J connectivity index is 1.40. The molecule has 0 radical (unpaired) electrons. The van der Waals surface area contributed by atoms with Crippen molar-refractivity contribution in [3.05, 3.63) is 24.2 Å². The fourth-order valence-corrected chi connectivity index (χ4v) is 3.46. The lowest BCUT2D eigenvalue weighted by Gasteiger charge is -2.36. The van der Waals surface area contributed by atoms with E-state index in [0.29, 0.717) is 31.4 Å². The van der Waals surface area contributed by atoms with Crippen molar-refractivity contribution in [2.75, 3.05) is 32.7 Å². The summed E-state index contributed by atoms with van der Waals surface area (Å²) in [6, 6.07) is 4.00. The number of aliphatic hydroxyl groups excluding tert-OH is 1. The first kappa shape index (κ1) is 16.3. The van der Waals surface area contributed by atoms with Gasteiger partial charge in [0.1, 0.15) is 11.9 Å². The molecule has 23 heavy (non-hydrogen) atoms. The van der Waals surface area contributed by atoms with Gasteiger partial charge in [0.05, 0.1) is 6.26 Å². The van der Waals surface area contributed by atoms with E-state index in [0.717, 1.165) is 25.9 Å². The maximum Gasteiger partial charge on any atom is 0.317 e. The van der Waals surface area contributed by atoms with Gasteiger partial charge in [-0.2, -0.15) is 0 Å². The highest BCUT2D eigenvalue weighted by atomic mass is 16.4. The SMILES string of the molecule is O=C(NC1CCCCC1)N1CCN(CC(O)c2ccco2)CC1. The summed E-state index contributed by atoms with van der Waals surface area (Å²) < 4.78 is 5.23. The van der Waals surface area contributed by atoms with Gasteiger partial charge in [-0.3, -0.25) is 4.90 Å². The Morgan fingerprint density at radius 1 is 1.26 bits per heavy atom. The van der Waals surface area contributed by atoms with Crippen molar-refractivity contribution in [2.24, 2.45) is 0 Å².